The van der Waals surface area contributed by atoms with E-state index >= 15 is 0 Å². The third-order valence-corrected chi connectivity index (χ3v) is 6.17. The average Bonchev–Trinajstić information content (AvgIpc) is 2.93. The van der Waals surface area contributed by atoms with Crippen LogP contribution in [0.3, 0.4) is 0 Å². The number of carbonyl (C=O) groups excluding carboxylic acids is 5. The minimum atomic E-state index is -0.562. The van der Waals surface area contributed by atoms with Gasteiger partial charge in [-0.1, -0.05) is 0 Å². The molecule has 0 atom stereocenters. The number of amides is 4. The van der Waals surface area contributed by atoms with Crippen LogP contribution in [0.25, 0.3) is 6.08 Å². The Balaban J connectivity index is 0.000000257. The van der Waals surface area contributed by atoms with E-state index in [1.54, 1.807) is 59.2 Å². The first kappa shape index (κ1) is 34.0. The number of carbonyl (C=O) groups is 5. The smallest absolute Gasteiger partial charge is 0.331 e. The minimum absolute atomic E-state index is 0.0639. The number of nitrogens with zero attached hydrogens (tertiary/aromatic N) is 4. The minimum Gasteiger partial charge on any atom is -0.465 e. The summed E-state index contributed by atoms with van der Waals surface area (Å²) < 4.78 is 15.7. The molecule has 2 aliphatic rings. The zero-order chi connectivity index (χ0) is 32.4. The molecular weight excluding hydrogens is 640 g/mol. The second-order valence-electron chi connectivity index (χ2n) is 10.5. The highest BCUT2D eigenvalue weighted by Gasteiger charge is 2.27. The van der Waals surface area contributed by atoms with Crippen LogP contribution in [0.2, 0.25) is 0 Å². The van der Waals surface area contributed by atoms with Crippen molar-refractivity contribution in [3.05, 3.63) is 51.8 Å². The first-order valence-corrected chi connectivity index (χ1v) is 14.5. The van der Waals surface area contributed by atoms with E-state index in [1.807, 2.05) is 6.07 Å². The summed E-state index contributed by atoms with van der Waals surface area (Å²) in [5.41, 5.74) is 1.71. The van der Waals surface area contributed by atoms with Crippen LogP contribution in [0.1, 0.15) is 51.3 Å². The van der Waals surface area contributed by atoms with Crippen molar-refractivity contribution in [3.63, 3.8) is 0 Å². The summed E-state index contributed by atoms with van der Waals surface area (Å²) in [4.78, 5) is 69.5. The Bertz CT molecular complexity index is 1440. The third-order valence-electron chi connectivity index (χ3n) is 5.74. The molecule has 0 fully saturated rings. The van der Waals surface area contributed by atoms with Gasteiger partial charge in [0.2, 0.25) is 0 Å². The van der Waals surface area contributed by atoms with Crippen LogP contribution in [-0.2, 0) is 41.7 Å². The van der Waals surface area contributed by atoms with Crippen LogP contribution in [0.4, 0.5) is 21.2 Å². The van der Waals surface area contributed by atoms with Crippen LogP contribution in [0.15, 0.2) is 35.1 Å². The molecule has 0 radical (unpaired) electrons. The highest BCUT2D eigenvalue weighted by Crippen LogP contribution is 2.24. The number of anilines is 2. The summed E-state index contributed by atoms with van der Waals surface area (Å²) in [6.07, 6.45) is 6.07. The lowest BCUT2D eigenvalue weighted by Gasteiger charge is -2.27. The molecule has 0 saturated heterocycles. The molecule has 2 aromatic heterocycles. The largest absolute Gasteiger partial charge is 0.465 e. The van der Waals surface area contributed by atoms with Gasteiger partial charge in [0.1, 0.15) is 30.3 Å². The fraction of sp³-hybridized carbons (Fsp3) is 0.414. The Morgan fingerprint density at radius 2 is 1.39 bits per heavy atom. The molecule has 15 heteroatoms. The van der Waals surface area contributed by atoms with Crippen molar-refractivity contribution in [2.75, 3.05) is 36.9 Å². The summed E-state index contributed by atoms with van der Waals surface area (Å²) in [6.45, 7) is 9.72. The Kier molecular flexibility index (Phi) is 11.8. The maximum atomic E-state index is 12.0. The van der Waals surface area contributed by atoms with Gasteiger partial charge in [0, 0.05) is 34.1 Å². The molecule has 0 bridgehead atoms. The molecule has 2 aliphatic heterocycles. The van der Waals surface area contributed by atoms with Crippen LogP contribution >= 0.6 is 15.9 Å². The first-order valence-electron chi connectivity index (χ1n) is 13.8. The van der Waals surface area contributed by atoms with Crippen molar-refractivity contribution in [1.29, 1.82) is 0 Å². The van der Waals surface area contributed by atoms with Crippen molar-refractivity contribution in [2.45, 2.75) is 53.3 Å². The van der Waals surface area contributed by atoms with E-state index in [0.717, 1.165) is 15.6 Å². The topological polar surface area (TPSA) is 169 Å². The van der Waals surface area contributed by atoms with E-state index < -0.39 is 29.5 Å². The van der Waals surface area contributed by atoms with Crippen LogP contribution in [-0.4, -0.2) is 81.6 Å². The standard InChI is InChI=1S/C18H23N3O5.C11H12BrN3O3/c1-5-25-15(23)11-21-10-13-8-12(9-19-16(13)20-17(21)24)6-7-14(22)26-18(2,3)4;1-2-18-9(16)6-15-5-7-3-8(12)4-13-10(7)14-11(15)17/h6-9H,5,10-11H2,1-4H3,(H,19,20,24);3-4H,2,5-6H2,1H3,(H,13,14,17)/b7-6+;. The Morgan fingerprint density at radius 1 is 0.886 bits per heavy atom. The molecule has 0 saturated carbocycles. The summed E-state index contributed by atoms with van der Waals surface area (Å²) in [5.74, 6) is -0.376. The number of fused-ring (bicyclic) bond motifs is 2. The van der Waals surface area contributed by atoms with E-state index in [-0.39, 0.29) is 32.3 Å². The third kappa shape index (κ3) is 10.3. The summed E-state index contributed by atoms with van der Waals surface area (Å²) in [5, 5.41) is 5.26. The molecule has 0 unspecified atom stereocenters. The molecule has 236 valence electrons. The maximum Gasteiger partial charge on any atom is 0.331 e. The molecule has 0 aliphatic carbocycles. The Labute approximate surface area is 263 Å². The predicted molar refractivity (Wildman–Crippen MR) is 163 cm³/mol. The summed E-state index contributed by atoms with van der Waals surface area (Å²) in [6, 6.07) is 2.90. The fourth-order valence-electron chi connectivity index (χ4n) is 3.96. The Morgan fingerprint density at radius 3 is 1.89 bits per heavy atom. The summed E-state index contributed by atoms with van der Waals surface area (Å²) in [7, 11) is 0. The number of nitrogens with one attached hydrogen (secondary N) is 2. The van der Waals surface area contributed by atoms with Gasteiger partial charge in [-0.3, -0.25) is 20.2 Å². The highest BCUT2D eigenvalue weighted by molar-refractivity contribution is 9.10. The van der Waals surface area contributed by atoms with E-state index in [0.29, 0.717) is 30.4 Å². The molecule has 4 amide bonds. The molecule has 0 spiro atoms. The lowest BCUT2D eigenvalue weighted by molar-refractivity contribution is -0.148. The molecule has 2 aromatic rings. The second kappa shape index (κ2) is 15.3. The van der Waals surface area contributed by atoms with Crippen molar-refractivity contribution in [2.24, 2.45) is 0 Å². The SMILES string of the molecule is CCOC(=O)CN1Cc2cc(/C=C/C(=O)OC(C)(C)C)cnc2NC1=O.CCOC(=O)CN1Cc2cc(Br)cnc2NC1=O. The number of halogens is 1. The fourth-order valence-corrected chi connectivity index (χ4v) is 4.34. The van der Waals surface area contributed by atoms with E-state index in [1.165, 1.54) is 15.9 Å². The van der Waals surface area contributed by atoms with Gasteiger partial charge in [-0.05, 0) is 74.3 Å². The second-order valence-corrected chi connectivity index (χ2v) is 11.4. The van der Waals surface area contributed by atoms with Crippen molar-refractivity contribution in [3.8, 4) is 0 Å². The van der Waals surface area contributed by atoms with E-state index in [4.69, 9.17) is 14.2 Å². The lowest BCUT2D eigenvalue weighted by atomic mass is 10.1. The van der Waals surface area contributed by atoms with Gasteiger partial charge in [0.15, 0.2) is 0 Å². The number of esters is 3. The molecule has 4 heterocycles. The van der Waals surface area contributed by atoms with Crippen molar-refractivity contribution < 1.29 is 38.2 Å². The summed E-state index contributed by atoms with van der Waals surface area (Å²) >= 11 is 3.32. The zero-order valence-electron chi connectivity index (χ0n) is 25.1. The lowest BCUT2D eigenvalue weighted by Crippen LogP contribution is -2.42. The molecule has 4 rings (SSSR count). The van der Waals surface area contributed by atoms with Gasteiger partial charge in [0.05, 0.1) is 26.3 Å². The molecule has 44 heavy (non-hydrogen) atoms. The number of aromatic nitrogens is 2. The van der Waals surface area contributed by atoms with Gasteiger partial charge in [-0.2, -0.15) is 0 Å². The number of pyridine rings is 2. The van der Waals surface area contributed by atoms with Gasteiger partial charge < -0.3 is 24.0 Å². The van der Waals surface area contributed by atoms with Crippen molar-refractivity contribution >= 4 is 63.6 Å². The zero-order valence-corrected chi connectivity index (χ0v) is 26.7. The number of hydrogen-bond donors (Lipinski definition) is 2. The molecule has 2 N–H and O–H groups in total. The van der Waals surface area contributed by atoms with Crippen molar-refractivity contribution in [1.82, 2.24) is 19.8 Å². The van der Waals surface area contributed by atoms with E-state index in [2.05, 4.69) is 36.5 Å². The number of ether oxygens (including phenoxy) is 3. The van der Waals surface area contributed by atoms with Gasteiger partial charge in [0.25, 0.3) is 0 Å². The van der Waals surface area contributed by atoms with Gasteiger partial charge >= 0.3 is 30.0 Å². The molecular formula is C29H35BrN6O8. The quantitative estimate of drug-likeness (QED) is 0.236. The number of hydrogen-bond acceptors (Lipinski definition) is 10. The maximum absolute atomic E-state index is 12.0. The normalized spacial score (nSPS) is 14.0. The van der Waals surface area contributed by atoms with Gasteiger partial charge in [-0.15, -0.1) is 0 Å². The Hall–Kier alpha value is -4.53. The number of urea groups is 2. The first-order chi connectivity index (χ1) is 20.8. The number of rotatable bonds is 8. The highest BCUT2D eigenvalue weighted by atomic mass is 79.9. The van der Waals surface area contributed by atoms with Crippen LogP contribution < -0.4 is 10.6 Å². The van der Waals surface area contributed by atoms with E-state index in [9.17, 15) is 24.0 Å². The average molecular weight is 676 g/mol. The molecule has 14 nitrogen and oxygen atoms in total. The van der Waals surface area contributed by atoms with Crippen LogP contribution in [0.5, 0.6) is 0 Å². The monoisotopic (exact) mass is 674 g/mol. The molecule has 0 aromatic carbocycles. The predicted octanol–water partition coefficient (Wildman–Crippen LogP) is 4.10. The van der Waals surface area contributed by atoms with Gasteiger partial charge in [-0.25, -0.2) is 24.4 Å². The van der Waals surface area contributed by atoms with Crippen LogP contribution in [0, 0.1) is 0 Å².